The summed E-state index contributed by atoms with van der Waals surface area (Å²) in [6.45, 7) is 11.1. The van der Waals surface area contributed by atoms with Crippen LogP contribution in [0.2, 0.25) is 0 Å². The van der Waals surface area contributed by atoms with Crippen LogP contribution in [0.1, 0.15) is 34.8 Å². The molecule has 6 nitrogen and oxygen atoms in total. The van der Waals surface area contributed by atoms with E-state index in [2.05, 4.69) is 4.90 Å². The van der Waals surface area contributed by atoms with Crippen LogP contribution in [-0.2, 0) is 14.3 Å². The fourth-order valence-corrected chi connectivity index (χ4v) is 2.92. The molecule has 2 rings (SSSR count). The number of benzene rings is 1. The van der Waals surface area contributed by atoms with Crippen molar-refractivity contribution in [1.82, 2.24) is 9.80 Å². The molecule has 1 heterocycles. The maximum absolute atomic E-state index is 13.0. The predicted molar refractivity (Wildman–Crippen MR) is 100 cm³/mol. The van der Waals surface area contributed by atoms with Crippen molar-refractivity contribution in [3.8, 4) is 0 Å². The minimum Gasteiger partial charge on any atom is -0.466 e. The second-order valence-electron chi connectivity index (χ2n) is 6.60. The molecule has 6 heteroatoms. The quantitative estimate of drug-likeness (QED) is 0.662. The summed E-state index contributed by atoms with van der Waals surface area (Å²) < 4.78 is 10.4. The van der Waals surface area contributed by atoms with Gasteiger partial charge in [0.25, 0.3) is 5.91 Å². The molecular weight excluding hydrogens is 332 g/mol. The van der Waals surface area contributed by atoms with Gasteiger partial charge in [-0.1, -0.05) is 6.07 Å². The van der Waals surface area contributed by atoms with Gasteiger partial charge >= 0.3 is 5.97 Å². The third-order valence-corrected chi connectivity index (χ3v) is 4.72. The van der Waals surface area contributed by atoms with Crippen LogP contribution < -0.4 is 0 Å². The maximum Gasteiger partial charge on any atom is 0.307 e. The number of carbonyl (C=O) groups excluding carboxylic acids is 2. The molecule has 0 aromatic heterocycles. The first-order chi connectivity index (χ1) is 12.5. The minimum absolute atomic E-state index is 0.0364. The number of hydrogen-bond donors (Lipinski definition) is 0. The highest BCUT2D eigenvalue weighted by molar-refractivity contribution is 5.94. The highest BCUT2D eigenvalue weighted by atomic mass is 16.5. The molecule has 1 aliphatic heterocycles. The summed E-state index contributed by atoms with van der Waals surface area (Å²) in [4.78, 5) is 28.8. The highest BCUT2D eigenvalue weighted by Crippen LogP contribution is 2.13. The summed E-state index contributed by atoms with van der Waals surface area (Å²) >= 11 is 0. The average molecular weight is 362 g/mol. The fraction of sp³-hybridized carbons (Fsp3) is 0.600. The highest BCUT2D eigenvalue weighted by Gasteiger charge is 2.19. The number of amides is 1. The molecule has 1 aromatic carbocycles. The van der Waals surface area contributed by atoms with Crippen LogP contribution in [0.3, 0.4) is 0 Å². The van der Waals surface area contributed by atoms with E-state index in [-0.39, 0.29) is 18.3 Å². The monoisotopic (exact) mass is 362 g/mol. The van der Waals surface area contributed by atoms with Gasteiger partial charge < -0.3 is 14.4 Å². The van der Waals surface area contributed by atoms with Crippen LogP contribution >= 0.6 is 0 Å². The summed E-state index contributed by atoms with van der Waals surface area (Å²) in [6.07, 6.45) is 0.216. The first-order valence-corrected chi connectivity index (χ1v) is 9.33. The summed E-state index contributed by atoms with van der Waals surface area (Å²) in [5.74, 6) is -0.303. The zero-order valence-electron chi connectivity index (χ0n) is 16.1. The van der Waals surface area contributed by atoms with E-state index in [0.29, 0.717) is 25.3 Å². The zero-order chi connectivity index (χ0) is 18.9. The molecule has 0 bridgehead atoms. The van der Waals surface area contributed by atoms with E-state index < -0.39 is 0 Å². The Bertz CT molecular complexity index is 612. The Morgan fingerprint density at radius 1 is 1.15 bits per heavy atom. The first-order valence-electron chi connectivity index (χ1n) is 9.33. The van der Waals surface area contributed by atoms with Crippen molar-refractivity contribution < 1.29 is 19.1 Å². The average Bonchev–Trinajstić information content (AvgIpc) is 2.64. The Morgan fingerprint density at radius 3 is 2.54 bits per heavy atom. The molecule has 0 unspecified atom stereocenters. The Hall–Kier alpha value is -1.92. The zero-order valence-corrected chi connectivity index (χ0v) is 16.1. The summed E-state index contributed by atoms with van der Waals surface area (Å²) in [6, 6.07) is 5.74. The second kappa shape index (κ2) is 10.3. The van der Waals surface area contributed by atoms with Gasteiger partial charge in [0, 0.05) is 38.3 Å². The van der Waals surface area contributed by atoms with Gasteiger partial charge in [0.05, 0.1) is 26.2 Å². The molecule has 1 fully saturated rings. The molecule has 1 amide bonds. The van der Waals surface area contributed by atoms with Crippen LogP contribution in [0, 0.1) is 13.8 Å². The van der Waals surface area contributed by atoms with Gasteiger partial charge in [-0.25, -0.2) is 0 Å². The van der Waals surface area contributed by atoms with E-state index >= 15 is 0 Å². The van der Waals surface area contributed by atoms with Crippen LogP contribution in [0.5, 0.6) is 0 Å². The van der Waals surface area contributed by atoms with Gasteiger partial charge in [-0.3, -0.25) is 14.5 Å². The SMILES string of the molecule is CCOC(=O)CCN(CCN1CCOCC1)C(=O)c1ccc(C)c(C)c1. The van der Waals surface area contributed by atoms with Crippen LogP contribution in [0.4, 0.5) is 0 Å². The number of nitrogens with zero attached hydrogens (tertiary/aromatic N) is 2. The molecule has 144 valence electrons. The van der Waals surface area contributed by atoms with Crippen molar-refractivity contribution in [2.45, 2.75) is 27.2 Å². The lowest BCUT2D eigenvalue weighted by Crippen LogP contribution is -2.43. The number of aryl methyl sites for hydroxylation is 2. The molecule has 0 radical (unpaired) electrons. The van der Waals surface area contributed by atoms with Crippen LogP contribution in [-0.4, -0.2) is 74.2 Å². The van der Waals surface area contributed by atoms with E-state index in [9.17, 15) is 9.59 Å². The molecule has 1 aliphatic rings. The largest absolute Gasteiger partial charge is 0.466 e. The van der Waals surface area contributed by atoms with Gasteiger partial charge in [-0.15, -0.1) is 0 Å². The van der Waals surface area contributed by atoms with E-state index in [1.165, 1.54) is 0 Å². The Kier molecular flexibility index (Phi) is 8.06. The van der Waals surface area contributed by atoms with E-state index in [0.717, 1.165) is 44.0 Å². The smallest absolute Gasteiger partial charge is 0.307 e. The lowest BCUT2D eigenvalue weighted by molar-refractivity contribution is -0.143. The molecule has 1 aromatic rings. The lowest BCUT2D eigenvalue weighted by Gasteiger charge is -2.30. The molecule has 26 heavy (non-hydrogen) atoms. The Labute approximate surface area is 156 Å². The number of morpholine rings is 1. The van der Waals surface area contributed by atoms with Crippen molar-refractivity contribution in [2.24, 2.45) is 0 Å². The summed E-state index contributed by atoms with van der Waals surface area (Å²) in [5.41, 5.74) is 2.92. The van der Waals surface area contributed by atoms with Crippen LogP contribution in [0.25, 0.3) is 0 Å². The molecule has 0 atom stereocenters. The van der Waals surface area contributed by atoms with Crippen molar-refractivity contribution in [3.05, 3.63) is 34.9 Å². The molecule has 0 aliphatic carbocycles. The molecule has 0 N–H and O–H groups in total. The standard InChI is InChI=1S/C20H30N2O4/c1-4-26-19(23)7-8-22(10-9-21-11-13-25-14-12-21)20(24)18-6-5-16(2)17(3)15-18/h5-6,15H,4,7-14H2,1-3H3. The van der Waals surface area contributed by atoms with E-state index in [1.54, 1.807) is 11.8 Å². The van der Waals surface area contributed by atoms with Crippen molar-refractivity contribution in [1.29, 1.82) is 0 Å². The molecule has 0 spiro atoms. The summed E-state index contributed by atoms with van der Waals surface area (Å²) in [7, 11) is 0. The molecular formula is C20H30N2O4. The van der Waals surface area contributed by atoms with Gasteiger partial charge in [0.2, 0.25) is 0 Å². The minimum atomic E-state index is -0.267. The van der Waals surface area contributed by atoms with Crippen molar-refractivity contribution in [3.63, 3.8) is 0 Å². The van der Waals surface area contributed by atoms with Gasteiger partial charge in [-0.05, 0) is 44.0 Å². The first kappa shape index (κ1) is 20.4. The third kappa shape index (κ3) is 6.11. The maximum atomic E-state index is 13.0. The van der Waals surface area contributed by atoms with Crippen molar-refractivity contribution in [2.75, 3.05) is 52.5 Å². The number of hydrogen-bond acceptors (Lipinski definition) is 5. The van der Waals surface area contributed by atoms with Crippen LogP contribution in [0.15, 0.2) is 18.2 Å². The van der Waals surface area contributed by atoms with Gasteiger partial charge in [0.1, 0.15) is 0 Å². The van der Waals surface area contributed by atoms with Gasteiger partial charge in [0.15, 0.2) is 0 Å². The number of esters is 1. The topological polar surface area (TPSA) is 59.1 Å². The van der Waals surface area contributed by atoms with Gasteiger partial charge in [-0.2, -0.15) is 0 Å². The number of ether oxygens (including phenoxy) is 2. The normalized spacial score (nSPS) is 14.9. The van der Waals surface area contributed by atoms with E-state index in [4.69, 9.17) is 9.47 Å². The van der Waals surface area contributed by atoms with E-state index in [1.807, 2.05) is 32.0 Å². The fourth-order valence-electron chi connectivity index (χ4n) is 2.92. The Balaban J connectivity index is 2.03. The Morgan fingerprint density at radius 2 is 1.88 bits per heavy atom. The lowest BCUT2D eigenvalue weighted by atomic mass is 10.1. The third-order valence-electron chi connectivity index (χ3n) is 4.72. The number of rotatable bonds is 8. The van der Waals surface area contributed by atoms with Crippen molar-refractivity contribution >= 4 is 11.9 Å². The second-order valence-corrected chi connectivity index (χ2v) is 6.60. The predicted octanol–water partition coefficient (Wildman–Crippen LogP) is 2.03. The summed E-state index contributed by atoms with van der Waals surface area (Å²) in [5, 5.41) is 0. The molecule has 1 saturated heterocycles. The number of carbonyl (C=O) groups is 2. The molecule has 0 saturated carbocycles.